The van der Waals surface area contributed by atoms with Crippen LogP contribution in [0.15, 0.2) is 30.3 Å². The first-order valence-electron chi connectivity index (χ1n) is 7.49. The largest absolute Gasteiger partial charge is 0.480 e. The first-order chi connectivity index (χ1) is 9.92. The molecule has 1 aromatic rings. The average molecular weight is 289 g/mol. The van der Waals surface area contributed by atoms with Crippen molar-refractivity contribution in [1.29, 1.82) is 0 Å². The van der Waals surface area contributed by atoms with Crippen molar-refractivity contribution in [2.75, 3.05) is 6.54 Å². The lowest BCUT2D eigenvalue weighted by molar-refractivity contribution is -0.148. The number of benzene rings is 1. The highest BCUT2D eigenvalue weighted by molar-refractivity contribution is 5.84. The lowest BCUT2D eigenvalue weighted by atomic mass is 9.80. The zero-order chi connectivity index (χ0) is 15.5. The Labute approximate surface area is 125 Å². The molecule has 0 aliphatic carbocycles. The van der Waals surface area contributed by atoms with Crippen LogP contribution in [0, 0.1) is 0 Å². The summed E-state index contributed by atoms with van der Waals surface area (Å²) < 4.78 is 0. The molecule has 1 aromatic carbocycles. The molecule has 1 atom stereocenters. The Morgan fingerprint density at radius 1 is 1.29 bits per heavy atom. The van der Waals surface area contributed by atoms with Crippen molar-refractivity contribution in [3.8, 4) is 0 Å². The third kappa shape index (κ3) is 3.63. The average Bonchev–Trinajstić information content (AvgIpc) is 2.95. The lowest BCUT2D eigenvalue weighted by Gasteiger charge is -2.27. The molecule has 0 radical (unpaired) electrons. The topological polar surface area (TPSA) is 57.6 Å². The fourth-order valence-corrected chi connectivity index (χ4v) is 2.92. The van der Waals surface area contributed by atoms with Crippen molar-refractivity contribution < 1.29 is 14.7 Å². The molecule has 1 saturated heterocycles. The van der Waals surface area contributed by atoms with Crippen LogP contribution in [0.5, 0.6) is 0 Å². The third-order valence-electron chi connectivity index (χ3n) is 4.38. The van der Waals surface area contributed by atoms with Crippen LogP contribution in [0.25, 0.3) is 0 Å². The molecule has 1 N–H and O–H groups in total. The van der Waals surface area contributed by atoms with Gasteiger partial charge in [0.1, 0.15) is 6.04 Å². The van der Waals surface area contributed by atoms with Gasteiger partial charge in [-0.3, -0.25) is 4.79 Å². The summed E-state index contributed by atoms with van der Waals surface area (Å²) in [7, 11) is 0. The van der Waals surface area contributed by atoms with Gasteiger partial charge < -0.3 is 10.0 Å². The van der Waals surface area contributed by atoms with Crippen LogP contribution in [-0.4, -0.2) is 34.5 Å². The molecule has 21 heavy (non-hydrogen) atoms. The van der Waals surface area contributed by atoms with Gasteiger partial charge in [0, 0.05) is 13.0 Å². The predicted octanol–water partition coefficient (Wildman–Crippen LogP) is 2.82. The first-order valence-corrected chi connectivity index (χ1v) is 7.49. The van der Waals surface area contributed by atoms with Gasteiger partial charge in [-0.1, -0.05) is 44.2 Å². The lowest BCUT2D eigenvalue weighted by Crippen LogP contribution is -2.40. The second-order valence-corrected chi connectivity index (χ2v) is 6.33. The summed E-state index contributed by atoms with van der Waals surface area (Å²) in [5, 5.41) is 9.14. The third-order valence-corrected chi connectivity index (χ3v) is 4.38. The molecular formula is C17H23NO3. The maximum atomic E-state index is 12.3. The van der Waals surface area contributed by atoms with Crippen LogP contribution in [0.3, 0.4) is 0 Å². The Bertz CT molecular complexity index is 510. The van der Waals surface area contributed by atoms with Gasteiger partial charge in [-0.25, -0.2) is 4.79 Å². The molecule has 1 amide bonds. The summed E-state index contributed by atoms with van der Waals surface area (Å²) in [6.07, 6.45) is 2.47. The predicted molar refractivity (Wildman–Crippen MR) is 81.1 cm³/mol. The van der Waals surface area contributed by atoms with Gasteiger partial charge in [-0.2, -0.15) is 0 Å². The van der Waals surface area contributed by atoms with Crippen LogP contribution in [0.4, 0.5) is 0 Å². The molecule has 0 bridgehead atoms. The van der Waals surface area contributed by atoms with Crippen LogP contribution in [0.2, 0.25) is 0 Å². The summed E-state index contributed by atoms with van der Waals surface area (Å²) in [5.74, 6) is -0.924. The van der Waals surface area contributed by atoms with Gasteiger partial charge in [-0.05, 0) is 30.2 Å². The van der Waals surface area contributed by atoms with E-state index in [0.717, 1.165) is 12.8 Å². The minimum Gasteiger partial charge on any atom is -0.480 e. The van der Waals surface area contributed by atoms with Gasteiger partial charge in [0.2, 0.25) is 5.91 Å². The van der Waals surface area contributed by atoms with E-state index in [1.165, 1.54) is 10.5 Å². The Balaban J connectivity index is 1.96. The molecule has 2 rings (SSSR count). The van der Waals surface area contributed by atoms with Gasteiger partial charge in [0.05, 0.1) is 0 Å². The minimum atomic E-state index is -0.886. The van der Waals surface area contributed by atoms with E-state index in [0.29, 0.717) is 19.4 Å². The Morgan fingerprint density at radius 3 is 2.57 bits per heavy atom. The molecule has 114 valence electrons. The van der Waals surface area contributed by atoms with E-state index >= 15 is 0 Å². The summed E-state index contributed by atoms with van der Waals surface area (Å²) in [6.45, 7) is 4.81. The molecule has 4 heteroatoms. The van der Waals surface area contributed by atoms with E-state index in [1.54, 1.807) is 0 Å². The second-order valence-electron chi connectivity index (χ2n) is 6.33. The first kappa shape index (κ1) is 15.5. The molecule has 1 aliphatic rings. The van der Waals surface area contributed by atoms with Crippen molar-refractivity contribution in [2.24, 2.45) is 0 Å². The molecule has 0 aromatic heterocycles. The van der Waals surface area contributed by atoms with E-state index in [1.807, 2.05) is 18.2 Å². The highest BCUT2D eigenvalue weighted by Crippen LogP contribution is 2.29. The quantitative estimate of drug-likeness (QED) is 0.906. The second kappa shape index (κ2) is 6.29. The van der Waals surface area contributed by atoms with Crippen molar-refractivity contribution >= 4 is 11.9 Å². The number of likely N-dealkylation sites (tertiary alicyclic amines) is 1. The zero-order valence-electron chi connectivity index (χ0n) is 12.7. The number of carboxylic acid groups (broad SMARTS) is 1. The number of carbonyl (C=O) groups is 2. The van der Waals surface area contributed by atoms with Crippen molar-refractivity contribution in [1.82, 2.24) is 4.90 Å². The number of amides is 1. The molecule has 1 fully saturated rings. The molecule has 4 nitrogen and oxygen atoms in total. The standard InChI is InChI=1S/C17H23NO3/c1-17(2,13-7-4-3-5-8-13)11-10-15(19)18-12-6-9-14(18)16(20)21/h3-5,7-8,14H,6,9-12H2,1-2H3,(H,20,21)/t14-/m0/s1. The summed E-state index contributed by atoms with van der Waals surface area (Å²) in [4.78, 5) is 25.0. The number of aliphatic carboxylic acids is 1. The molecule has 1 aliphatic heterocycles. The number of carboxylic acids is 1. The Hall–Kier alpha value is -1.84. The van der Waals surface area contributed by atoms with E-state index in [2.05, 4.69) is 26.0 Å². The number of nitrogens with zero attached hydrogens (tertiary/aromatic N) is 1. The molecular weight excluding hydrogens is 266 g/mol. The number of rotatable bonds is 5. The number of hydrogen-bond acceptors (Lipinski definition) is 2. The van der Waals surface area contributed by atoms with Crippen molar-refractivity contribution in [2.45, 2.75) is 51.0 Å². The van der Waals surface area contributed by atoms with Crippen molar-refractivity contribution in [3.63, 3.8) is 0 Å². The SMILES string of the molecule is CC(C)(CCC(=O)N1CCC[C@H]1C(=O)O)c1ccccc1. The fourth-order valence-electron chi connectivity index (χ4n) is 2.92. The van der Waals surface area contributed by atoms with E-state index < -0.39 is 12.0 Å². The summed E-state index contributed by atoms with van der Waals surface area (Å²) in [6, 6.07) is 9.49. The van der Waals surface area contributed by atoms with Gasteiger partial charge in [0.25, 0.3) is 0 Å². The van der Waals surface area contributed by atoms with E-state index in [9.17, 15) is 9.59 Å². The number of hydrogen-bond donors (Lipinski definition) is 1. The van der Waals surface area contributed by atoms with E-state index in [-0.39, 0.29) is 11.3 Å². The van der Waals surface area contributed by atoms with Crippen LogP contribution >= 0.6 is 0 Å². The van der Waals surface area contributed by atoms with Gasteiger partial charge in [-0.15, -0.1) is 0 Å². The molecule has 0 unspecified atom stereocenters. The van der Waals surface area contributed by atoms with E-state index in [4.69, 9.17) is 5.11 Å². The van der Waals surface area contributed by atoms with Gasteiger partial charge >= 0.3 is 5.97 Å². The van der Waals surface area contributed by atoms with Crippen LogP contribution in [-0.2, 0) is 15.0 Å². The highest BCUT2D eigenvalue weighted by Gasteiger charge is 2.34. The normalized spacial score (nSPS) is 18.8. The maximum Gasteiger partial charge on any atom is 0.326 e. The summed E-state index contributed by atoms with van der Waals surface area (Å²) >= 11 is 0. The Morgan fingerprint density at radius 2 is 1.95 bits per heavy atom. The number of carbonyl (C=O) groups excluding carboxylic acids is 1. The molecule has 0 spiro atoms. The summed E-state index contributed by atoms with van der Waals surface area (Å²) in [5.41, 5.74) is 1.11. The molecule has 1 heterocycles. The van der Waals surface area contributed by atoms with Crippen LogP contribution in [0.1, 0.15) is 45.1 Å². The maximum absolute atomic E-state index is 12.3. The monoisotopic (exact) mass is 289 g/mol. The van der Waals surface area contributed by atoms with Crippen molar-refractivity contribution in [3.05, 3.63) is 35.9 Å². The zero-order valence-corrected chi connectivity index (χ0v) is 12.7. The van der Waals surface area contributed by atoms with Crippen LogP contribution < -0.4 is 0 Å². The smallest absolute Gasteiger partial charge is 0.326 e. The Kier molecular flexibility index (Phi) is 4.66. The molecule has 0 saturated carbocycles. The minimum absolute atomic E-state index is 0.0380. The van der Waals surface area contributed by atoms with Gasteiger partial charge in [0.15, 0.2) is 0 Å². The highest BCUT2D eigenvalue weighted by atomic mass is 16.4. The fraction of sp³-hybridized carbons (Fsp3) is 0.529.